The minimum Gasteiger partial charge on any atom is -0.346 e. The molecule has 0 saturated heterocycles. The highest BCUT2D eigenvalue weighted by Gasteiger charge is 2.14. The van der Waals surface area contributed by atoms with Crippen LogP contribution >= 0.6 is 0 Å². The fraction of sp³-hybridized carbons (Fsp3) is 0.0476. The van der Waals surface area contributed by atoms with Gasteiger partial charge < -0.3 is 4.98 Å². The van der Waals surface area contributed by atoms with Crippen LogP contribution in [0.5, 0.6) is 0 Å². The van der Waals surface area contributed by atoms with E-state index in [0.29, 0.717) is 11.0 Å². The zero-order valence-electron chi connectivity index (χ0n) is 14.5. The molecule has 0 bridgehead atoms. The molecular formula is C21H15N5O. The maximum Gasteiger partial charge on any atom is 0.191 e. The molecule has 130 valence electrons. The van der Waals surface area contributed by atoms with Crippen molar-refractivity contribution in [3.05, 3.63) is 77.1 Å². The number of fused-ring (bicyclic) bond motifs is 2. The summed E-state index contributed by atoms with van der Waals surface area (Å²) in [6, 6.07) is 19.3. The number of hydrogen-bond donors (Lipinski definition) is 1. The summed E-state index contributed by atoms with van der Waals surface area (Å²) < 4.78 is 1.74. The SMILES string of the molecule is Cn1nnc2ccc(-c3cc4c(=O)cc[nH]c4nc3-c3ccccc3)cc21. The van der Waals surface area contributed by atoms with Crippen LogP contribution in [-0.4, -0.2) is 25.0 Å². The molecule has 0 amide bonds. The second-order valence-electron chi connectivity index (χ2n) is 6.41. The molecule has 0 aliphatic rings. The van der Waals surface area contributed by atoms with Crippen molar-refractivity contribution in [2.24, 2.45) is 7.05 Å². The third kappa shape index (κ3) is 2.50. The molecule has 0 radical (unpaired) electrons. The first kappa shape index (κ1) is 15.5. The Morgan fingerprint density at radius 3 is 2.67 bits per heavy atom. The van der Waals surface area contributed by atoms with E-state index in [0.717, 1.165) is 33.4 Å². The summed E-state index contributed by atoms with van der Waals surface area (Å²) in [5, 5.41) is 8.78. The average Bonchev–Trinajstić information content (AvgIpc) is 3.08. The number of nitrogens with one attached hydrogen (secondary N) is 1. The van der Waals surface area contributed by atoms with Crippen molar-refractivity contribution < 1.29 is 0 Å². The maximum atomic E-state index is 12.4. The van der Waals surface area contributed by atoms with Crippen LogP contribution in [-0.2, 0) is 7.05 Å². The topological polar surface area (TPSA) is 76.5 Å². The molecule has 6 heteroatoms. The molecule has 0 fully saturated rings. The Morgan fingerprint density at radius 2 is 1.81 bits per heavy atom. The minimum absolute atomic E-state index is 0.0552. The Morgan fingerprint density at radius 1 is 0.963 bits per heavy atom. The highest BCUT2D eigenvalue weighted by molar-refractivity contribution is 5.92. The zero-order chi connectivity index (χ0) is 18.4. The molecule has 0 spiro atoms. The third-order valence-electron chi connectivity index (χ3n) is 4.71. The van der Waals surface area contributed by atoms with E-state index in [9.17, 15) is 4.79 Å². The van der Waals surface area contributed by atoms with Crippen LogP contribution in [0.1, 0.15) is 0 Å². The number of benzene rings is 2. The smallest absolute Gasteiger partial charge is 0.191 e. The van der Waals surface area contributed by atoms with E-state index in [4.69, 9.17) is 4.98 Å². The molecule has 2 aromatic carbocycles. The Balaban J connectivity index is 1.86. The summed E-state index contributed by atoms with van der Waals surface area (Å²) in [7, 11) is 1.86. The van der Waals surface area contributed by atoms with Crippen LogP contribution in [0.4, 0.5) is 0 Å². The third-order valence-corrected chi connectivity index (χ3v) is 4.71. The Bertz CT molecular complexity index is 1350. The molecule has 3 heterocycles. The summed E-state index contributed by atoms with van der Waals surface area (Å²) >= 11 is 0. The maximum absolute atomic E-state index is 12.4. The normalized spacial score (nSPS) is 11.3. The van der Waals surface area contributed by atoms with Crippen LogP contribution < -0.4 is 5.43 Å². The van der Waals surface area contributed by atoms with Crippen LogP contribution in [0.3, 0.4) is 0 Å². The van der Waals surface area contributed by atoms with Crippen molar-refractivity contribution in [3.8, 4) is 22.4 Å². The zero-order valence-corrected chi connectivity index (χ0v) is 14.5. The lowest BCUT2D eigenvalue weighted by Gasteiger charge is -2.11. The minimum atomic E-state index is -0.0552. The van der Waals surface area contributed by atoms with Crippen molar-refractivity contribution in [1.82, 2.24) is 25.0 Å². The lowest BCUT2D eigenvalue weighted by atomic mass is 9.97. The fourth-order valence-electron chi connectivity index (χ4n) is 3.33. The summed E-state index contributed by atoms with van der Waals surface area (Å²) in [4.78, 5) is 20.2. The lowest BCUT2D eigenvalue weighted by Crippen LogP contribution is -2.03. The van der Waals surface area contributed by atoms with Gasteiger partial charge in [0.05, 0.1) is 16.6 Å². The Kier molecular flexibility index (Phi) is 3.36. The highest BCUT2D eigenvalue weighted by Crippen LogP contribution is 2.33. The van der Waals surface area contributed by atoms with Crippen molar-refractivity contribution in [2.45, 2.75) is 0 Å². The van der Waals surface area contributed by atoms with Crippen LogP contribution in [0.25, 0.3) is 44.5 Å². The summed E-state index contributed by atoms with van der Waals surface area (Å²) in [6.45, 7) is 0. The first-order valence-electron chi connectivity index (χ1n) is 8.58. The van der Waals surface area contributed by atoms with E-state index in [1.54, 1.807) is 10.9 Å². The summed E-state index contributed by atoms with van der Waals surface area (Å²) in [6.07, 6.45) is 1.62. The van der Waals surface area contributed by atoms with Crippen LogP contribution in [0, 0.1) is 0 Å². The van der Waals surface area contributed by atoms with Gasteiger partial charge in [-0.05, 0) is 23.8 Å². The Hall–Kier alpha value is -3.80. The quantitative estimate of drug-likeness (QED) is 0.527. The van der Waals surface area contributed by atoms with E-state index in [1.165, 1.54) is 6.07 Å². The number of H-pyrrole nitrogens is 1. The van der Waals surface area contributed by atoms with Gasteiger partial charge in [-0.1, -0.05) is 41.6 Å². The monoisotopic (exact) mass is 353 g/mol. The van der Waals surface area contributed by atoms with Crippen LogP contribution in [0.2, 0.25) is 0 Å². The van der Waals surface area contributed by atoms with Gasteiger partial charge in [0, 0.05) is 30.4 Å². The number of aryl methyl sites for hydroxylation is 1. The molecular weight excluding hydrogens is 338 g/mol. The molecule has 0 atom stereocenters. The van der Waals surface area contributed by atoms with Crippen LogP contribution in [0.15, 0.2) is 71.7 Å². The van der Waals surface area contributed by atoms with E-state index in [2.05, 4.69) is 15.3 Å². The standard InChI is InChI=1S/C21H15N5O/c1-26-18-11-14(7-8-17(18)24-25-26)15-12-16-19(27)9-10-22-21(16)23-20(15)13-5-3-2-4-6-13/h2-12H,1H3,(H,22,23,27). The molecule has 0 aliphatic heterocycles. The van der Waals surface area contributed by atoms with Crippen molar-refractivity contribution in [1.29, 1.82) is 0 Å². The van der Waals surface area contributed by atoms with Gasteiger partial charge in [-0.3, -0.25) is 4.79 Å². The fourth-order valence-corrected chi connectivity index (χ4v) is 3.33. The lowest BCUT2D eigenvalue weighted by molar-refractivity contribution is 0.736. The van der Waals surface area contributed by atoms with Gasteiger partial charge in [0.2, 0.25) is 0 Å². The van der Waals surface area contributed by atoms with Crippen molar-refractivity contribution in [3.63, 3.8) is 0 Å². The van der Waals surface area contributed by atoms with Gasteiger partial charge in [0.15, 0.2) is 5.43 Å². The molecule has 5 rings (SSSR count). The first-order valence-corrected chi connectivity index (χ1v) is 8.58. The molecule has 1 N–H and O–H groups in total. The second kappa shape index (κ2) is 5.88. The van der Waals surface area contributed by atoms with Crippen molar-refractivity contribution >= 4 is 22.1 Å². The molecule has 6 nitrogen and oxygen atoms in total. The molecule has 0 aliphatic carbocycles. The molecule has 0 saturated carbocycles. The van der Waals surface area contributed by atoms with Gasteiger partial charge in [0.25, 0.3) is 0 Å². The second-order valence-corrected chi connectivity index (χ2v) is 6.41. The van der Waals surface area contributed by atoms with Gasteiger partial charge in [-0.15, -0.1) is 5.10 Å². The number of hydrogen-bond acceptors (Lipinski definition) is 4. The summed E-state index contributed by atoms with van der Waals surface area (Å²) in [5.41, 5.74) is 5.94. The average molecular weight is 353 g/mol. The number of nitrogens with zero attached hydrogens (tertiary/aromatic N) is 4. The predicted octanol–water partition coefficient (Wildman–Crippen LogP) is 3.54. The summed E-state index contributed by atoms with van der Waals surface area (Å²) in [5.74, 6) is 0. The first-order chi connectivity index (χ1) is 13.2. The predicted molar refractivity (Wildman–Crippen MR) is 105 cm³/mol. The van der Waals surface area contributed by atoms with E-state index >= 15 is 0 Å². The molecule has 27 heavy (non-hydrogen) atoms. The van der Waals surface area contributed by atoms with E-state index in [1.807, 2.05) is 61.6 Å². The molecule has 0 unspecified atom stereocenters. The van der Waals surface area contributed by atoms with Gasteiger partial charge in [-0.2, -0.15) is 0 Å². The van der Waals surface area contributed by atoms with Gasteiger partial charge in [-0.25, -0.2) is 9.67 Å². The van der Waals surface area contributed by atoms with Gasteiger partial charge in [0.1, 0.15) is 11.2 Å². The number of rotatable bonds is 2. The van der Waals surface area contributed by atoms with E-state index in [-0.39, 0.29) is 5.43 Å². The van der Waals surface area contributed by atoms with E-state index < -0.39 is 0 Å². The van der Waals surface area contributed by atoms with Crippen molar-refractivity contribution in [2.75, 3.05) is 0 Å². The number of pyridine rings is 2. The number of aromatic amines is 1. The van der Waals surface area contributed by atoms with Gasteiger partial charge >= 0.3 is 0 Å². The largest absolute Gasteiger partial charge is 0.346 e. The number of aromatic nitrogens is 5. The molecule has 5 aromatic rings. The molecule has 3 aromatic heterocycles. The Labute approximate surface area is 154 Å². The highest BCUT2D eigenvalue weighted by atomic mass is 16.1.